The first-order valence-corrected chi connectivity index (χ1v) is 44.3. The fraction of sp³-hybridized carbons (Fsp3) is 0.411. The highest BCUT2D eigenvalue weighted by molar-refractivity contribution is 7.51. The molecule has 6 aromatic carbocycles. The van der Waals surface area contributed by atoms with Crippen LogP contribution in [0.3, 0.4) is 0 Å². The molecule has 32 nitrogen and oxygen atoms in total. The lowest BCUT2D eigenvalue weighted by Gasteiger charge is -2.42. The number of hydrogen-bond acceptors (Lipinski definition) is 23. The Hall–Kier alpha value is -11.5. The minimum Gasteiger partial charge on any atom is -0.497 e. The second-order valence-corrected chi connectivity index (χ2v) is 35.1. The van der Waals surface area contributed by atoms with Crippen molar-refractivity contribution < 1.29 is 99.4 Å². The topological polar surface area (TPSA) is 404 Å². The number of piperazine rings is 1. The molecule has 36 heteroatoms. The number of anilines is 1. The van der Waals surface area contributed by atoms with Crippen LogP contribution in [0.1, 0.15) is 93.8 Å². The maximum Gasteiger partial charge on any atom is 0.408 e. The Balaban J connectivity index is 0.841. The first kappa shape index (κ1) is 96.7. The normalized spacial score (nSPS) is 13.5. The molecule has 0 bridgehead atoms. The van der Waals surface area contributed by atoms with Gasteiger partial charge < -0.3 is 94.1 Å². The van der Waals surface area contributed by atoms with Crippen LogP contribution in [0.5, 0.6) is 28.9 Å². The summed E-state index contributed by atoms with van der Waals surface area (Å²) in [6, 6.07) is 36.0. The molecule has 0 radical (unpaired) electrons. The number of likely N-dealkylation sites (N-methyl/N-ethyl adjacent to an activating group) is 1. The van der Waals surface area contributed by atoms with Gasteiger partial charge >= 0.3 is 25.7 Å². The number of methoxy groups -OCH3 is 2. The minimum atomic E-state index is -4.31. The number of hydrogen-bond donors (Lipinski definition) is 8. The van der Waals surface area contributed by atoms with Crippen LogP contribution in [0.25, 0.3) is 43.2 Å². The van der Waals surface area contributed by atoms with E-state index in [4.69, 9.17) is 84.7 Å². The molecular formula is C90H111ClFN13O19PS+. The van der Waals surface area contributed by atoms with E-state index >= 15 is 0 Å². The summed E-state index contributed by atoms with van der Waals surface area (Å²) in [6.07, 6.45) is 0.278. The van der Waals surface area contributed by atoms with E-state index in [1.54, 1.807) is 134 Å². The lowest BCUT2D eigenvalue weighted by atomic mass is 9.96. The van der Waals surface area contributed by atoms with E-state index in [-0.39, 0.29) is 110 Å². The van der Waals surface area contributed by atoms with Crippen molar-refractivity contribution in [2.24, 2.45) is 11.7 Å². The maximum absolute atomic E-state index is 14.8. The molecule has 1 saturated heterocycles. The lowest BCUT2D eigenvalue weighted by molar-refractivity contribution is -0.926. The van der Waals surface area contributed by atoms with Crippen LogP contribution in [0.2, 0.25) is 5.02 Å². The number of aromatic nitrogens is 4. The first-order chi connectivity index (χ1) is 60.2. The smallest absolute Gasteiger partial charge is 0.408 e. The monoisotopic (exact) mass is 1790 g/mol. The maximum atomic E-state index is 14.8. The number of esters is 1. The standard InChI is InChI=1S/C90H110ClFN13O19PS/c1-57(2)80(102-89(112)124-90(4,5)6)84(109)101-70(18-15-36-96-88(93)111)83(108)100-65-28-25-62(63(50-65)52-103(7)76(107)34-44-118-47-48-119-45-38-94-75(106)35-49-125(113,114)115)53-105(8)42-39-104(40-43-105)41-46-120-73-32-31-68(58(3)79(73)91)77-78-85(97-56-98-86(78)126-81(77)60-23-26-64(92)27-24-60)123-74(87(110)122-54-59-21-29-67(116-9)30-22-59)51-61-16-11-13-19-71(61)121-55-66-33-37-95-82(99-66)69-17-12-14-20-72(69)117-10/h11-14,16-17,19-33,37,50,56-57,70,74,80H,15,18,34-36,38-49,51-55H2,1-10H3,(H8-,93,94,96,100,101,102,106,108,109,111,112,113,114,115)/p+1/t70-,74+,80-/m0/s1. The van der Waals surface area contributed by atoms with Crippen LogP contribution >= 0.6 is 30.5 Å². The number of alkyl carbamates (subject to hydrolysis) is 1. The number of halogens is 2. The third-order valence-electron chi connectivity index (χ3n) is 20.7. The number of ether oxygens (including phenoxy) is 9. The molecule has 0 saturated carbocycles. The molecule has 10 rings (SSSR count). The van der Waals surface area contributed by atoms with E-state index in [0.29, 0.717) is 143 Å². The number of carbonyl (C=O) groups excluding carboxylic acids is 7. The first-order valence-electron chi connectivity index (χ1n) is 41.3. The largest absolute Gasteiger partial charge is 0.497 e. The molecule has 3 aromatic heterocycles. The highest BCUT2D eigenvalue weighted by Gasteiger charge is 2.35. The van der Waals surface area contributed by atoms with Gasteiger partial charge in [0.1, 0.15) is 84.0 Å². The van der Waals surface area contributed by atoms with Crippen LogP contribution in [-0.2, 0) is 80.2 Å². The number of primary amides is 1. The number of nitrogens with two attached hydrogens (primary N) is 1. The zero-order chi connectivity index (χ0) is 90.7. The highest BCUT2D eigenvalue weighted by atomic mass is 35.5. The van der Waals surface area contributed by atoms with Crippen LogP contribution in [0.15, 0.2) is 146 Å². The fourth-order valence-electron chi connectivity index (χ4n) is 13.9. The van der Waals surface area contributed by atoms with E-state index in [2.05, 4.69) is 43.5 Å². The third kappa shape index (κ3) is 29.0. The molecule has 4 heterocycles. The summed E-state index contributed by atoms with van der Waals surface area (Å²) in [5.74, 6) is -0.867. The van der Waals surface area contributed by atoms with Crippen LogP contribution < -0.4 is 56.0 Å². The fourth-order valence-corrected chi connectivity index (χ4v) is 15.8. The summed E-state index contributed by atoms with van der Waals surface area (Å²) in [7, 11) is 2.68. The second kappa shape index (κ2) is 46.1. The molecule has 0 unspecified atom stereocenters. The highest BCUT2D eigenvalue weighted by Crippen LogP contribution is 2.50. The number of fused-ring (bicyclic) bond motifs is 1. The van der Waals surface area contributed by atoms with Gasteiger partial charge in [-0.3, -0.25) is 28.6 Å². The summed E-state index contributed by atoms with van der Waals surface area (Å²) in [4.78, 5) is 136. The minimum absolute atomic E-state index is 0.0166. The van der Waals surface area contributed by atoms with Gasteiger partial charge in [-0.25, -0.2) is 38.7 Å². The average molecular weight is 1800 g/mol. The Morgan fingerprint density at radius 3 is 2.18 bits per heavy atom. The molecule has 9 N–H and O–H groups in total. The van der Waals surface area contributed by atoms with Crippen molar-refractivity contribution in [3.8, 4) is 61.8 Å². The molecule has 674 valence electrons. The number of amides is 7. The summed E-state index contributed by atoms with van der Waals surface area (Å²) in [6.45, 7) is 15.4. The van der Waals surface area contributed by atoms with Gasteiger partial charge in [0.15, 0.2) is 5.82 Å². The Bertz CT molecular complexity index is 5270. The van der Waals surface area contributed by atoms with Gasteiger partial charge in [-0.2, -0.15) is 0 Å². The van der Waals surface area contributed by atoms with Crippen molar-refractivity contribution >= 4 is 88.2 Å². The molecular weight excluding hydrogens is 1680 g/mol. The van der Waals surface area contributed by atoms with E-state index in [1.807, 2.05) is 61.5 Å². The number of carbonyl (C=O) groups is 7. The van der Waals surface area contributed by atoms with E-state index in [9.17, 15) is 42.5 Å². The predicted octanol–water partition coefficient (Wildman–Crippen LogP) is 11.7. The summed E-state index contributed by atoms with van der Waals surface area (Å²) in [5, 5.41) is 14.3. The van der Waals surface area contributed by atoms with Gasteiger partial charge in [0.2, 0.25) is 35.6 Å². The number of quaternary nitrogens is 1. The Kier molecular flexibility index (Phi) is 35.4. The quantitative estimate of drug-likeness (QED) is 0.00760. The molecule has 126 heavy (non-hydrogen) atoms. The predicted molar refractivity (Wildman–Crippen MR) is 474 cm³/mol. The van der Waals surface area contributed by atoms with Gasteiger partial charge in [-0.15, -0.1) is 11.3 Å². The van der Waals surface area contributed by atoms with E-state index in [0.717, 1.165) is 11.1 Å². The van der Waals surface area contributed by atoms with E-state index < -0.39 is 85.1 Å². The molecule has 9 aromatic rings. The number of nitrogens with one attached hydrogen (secondary N) is 5. The van der Waals surface area contributed by atoms with Crippen molar-refractivity contribution in [3.63, 3.8) is 0 Å². The molecule has 1 aliphatic rings. The summed E-state index contributed by atoms with van der Waals surface area (Å²) < 4.78 is 80.3. The second-order valence-electron chi connectivity index (χ2n) is 31.9. The Morgan fingerprint density at radius 1 is 0.754 bits per heavy atom. The molecule has 0 spiro atoms. The number of urea groups is 1. The van der Waals surface area contributed by atoms with E-state index in [1.165, 1.54) is 29.8 Å². The number of thiophene rings is 1. The van der Waals surface area contributed by atoms with Crippen molar-refractivity contribution in [1.29, 1.82) is 0 Å². The molecule has 3 atom stereocenters. The zero-order valence-electron chi connectivity index (χ0n) is 72.4. The van der Waals surface area contributed by atoms with Crippen LogP contribution in [-0.4, -0.2) is 223 Å². The van der Waals surface area contributed by atoms with Crippen molar-refractivity contribution in [1.82, 2.24) is 51.0 Å². The third-order valence-corrected chi connectivity index (χ3v) is 23.2. The molecule has 1 fully saturated rings. The average Bonchev–Trinajstić information content (AvgIpc) is 1.58. The number of rotatable bonds is 45. The summed E-state index contributed by atoms with van der Waals surface area (Å²) in [5.41, 5.74) is 11.7. The van der Waals surface area contributed by atoms with Gasteiger partial charge in [0, 0.05) is 87.0 Å². The van der Waals surface area contributed by atoms with Crippen molar-refractivity contribution in [2.45, 2.75) is 124 Å². The zero-order valence-corrected chi connectivity index (χ0v) is 74.8. The molecule has 1 aliphatic heterocycles. The van der Waals surface area contributed by atoms with Gasteiger partial charge in [0.05, 0.1) is 95.0 Å². The van der Waals surface area contributed by atoms with Gasteiger partial charge in [-0.1, -0.05) is 92.2 Å². The van der Waals surface area contributed by atoms with Gasteiger partial charge in [0.25, 0.3) is 0 Å². The molecule has 0 aliphatic carbocycles. The van der Waals surface area contributed by atoms with Crippen LogP contribution in [0.4, 0.5) is 19.7 Å². The van der Waals surface area contributed by atoms with Crippen molar-refractivity contribution in [3.05, 3.63) is 190 Å². The number of nitrogens with zero attached hydrogens (tertiary/aromatic N) is 7. The SMILES string of the molecule is COc1ccc(COC(=O)[C@@H](Cc2ccccc2OCc2ccnc(-c3ccccc3OC)n2)Oc2ncnc3sc(-c4ccc(F)cc4)c(-c4ccc(OCCN5CC[N+](C)(Cc6ccc(NC(=O)[C@H](CCCNC(N)=O)NC(=O)[C@@H](NC(=O)OC(C)(C)C)C(C)C)cc6CN(C)C(=O)CCOCCOCCNC(=O)CCP(=O)(O)O)CC5)c(Cl)c4C)c23)cc1. The summed E-state index contributed by atoms with van der Waals surface area (Å²) >= 11 is 8.76. The molecule has 7 amide bonds. The number of para-hydroxylation sites is 2. The van der Waals surface area contributed by atoms with Gasteiger partial charge in [-0.05, 0) is 147 Å². The number of benzene rings is 6. The Labute approximate surface area is 740 Å². The van der Waals surface area contributed by atoms with Crippen molar-refractivity contribution in [2.75, 3.05) is 119 Å². The van der Waals surface area contributed by atoms with Crippen LogP contribution in [0, 0.1) is 18.7 Å². The lowest BCUT2D eigenvalue weighted by Crippen LogP contribution is -2.57. The Morgan fingerprint density at radius 2 is 1.48 bits per heavy atom.